The van der Waals surface area contributed by atoms with E-state index in [1.165, 1.54) is 0 Å². The molecule has 0 aliphatic rings. The lowest BCUT2D eigenvalue weighted by Gasteiger charge is -2.20. The first kappa shape index (κ1) is 16.1. The second-order valence-corrected chi connectivity index (χ2v) is 5.62. The molecule has 1 unspecified atom stereocenters. The van der Waals surface area contributed by atoms with Crippen LogP contribution in [0.3, 0.4) is 0 Å². The van der Waals surface area contributed by atoms with E-state index in [1.807, 2.05) is 24.4 Å². The summed E-state index contributed by atoms with van der Waals surface area (Å²) in [6.07, 6.45) is 4.54. The number of pyridine rings is 1. The first-order valence-corrected chi connectivity index (χ1v) is 7.58. The summed E-state index contributed by atoms with van der Waals surface area (Å²) in [4.78, 5) is 4.22. The normalized spacial score (nSPS) is 12.2. The first-order chi connectivity index (χ1) is 10.1. The lowest BCUT2D eigenvalue weighted by Crippen LogP contribution is -2.23. The van der Waals surface area contributed by atoms with Crippen LogP contribution in [0.1, 0.15) is 30.5 Å². The summed E-state index contributed by atoms with van der Waals surface area (Å²) in [7, 11) is 1.63. The molecule has 5 heteroatoms. The molecular weight excluding hydrogens is 307 g/mol. The summed E-state index contributed by atoms with van der Waals surface area (Å²) in [6.45, 7) is 3.00. The molecule has 1 aromatic heterocycles. The molecule has 0 spiro atoms. The van der Waals surface area contributed by atoms with Crippen LogP contribution < -0.4 is 10.1 Å². The predicted octanol–water partition coefficient (Wildman–Crippen LogP) is 4.49. The summed E-state index contributed by atoms with van der Waals surface area (Å²) in [5.41, 5.74) is 2.03. The number of methoxy groups -OCH3 is 1. The molecule has 0 amide bonds. The van der Waals surface area contributed by atoms with Crippen molar-refractivity contribution in [3.05, 3.63) is 57.8 Å². The van der Waals surface area contributed by atoms with Crippen molar-refractivity contribution in [2.24, 2.45) is 0 Å². The van der Waals surface area contributed by atoms with Gasteiger partial charge in [0.25, 0.3) is 0 Å². The number of ether oxygens (including phenoxy) is 1. The molecule has 2 rings (SSSR count). The van der Waals surface area contributed by atoms with E-state index in [2.05, 4.69) is 17.2 Å². The summed E-state index contributed by atoms with van der Waals surface area (Å²) >= 11 is 12.2. The van der Waals surface area contributed by atoms with Gasteiger partial charge in [0.1, 0.15) is 5.75 Å². The Morgan fingerprint density at radius 2 is 1.81 bits per heavy atom. The minimum absolute atomic E-state index is 0.0243. The minimum atomic E-state index is -0.0243. The molecule has 3 nitrogen and oxygen atoms in total. The van der Waals surface area contributed by atoms with Gasteiger partial charge in [-0.25, -0.2) is 0 Å². The summed E-state index contributed by atoms with van der Waals surface area (Å²) < 4.78 is 5.25. The Kier molecular flexibility index (Phi) is 5.85. The highest BCUT2D eigenvalue weighted by Crippen LogP contribution is 2.29. The third kappa shape index (κ3) is 4.34. The van der Waals surface area contributed by atoms with Crippen molar-refractivity contribution in [3.8, 4) is 5.75 Å². The van der Waals surface area contributed by atoms with Gasteiger partial charge in [0.2, 0.25) is 0 Å². The van der Waals surface area contributed by atoms with Crippen molar-refractivity contribution in [1.82, 2.24) is 10.3 Å². The third-order valence-electron chi connectivity index (χ3n) is 3.12. The van der Waals surface area contributed by atoms with Gasteiger partial charge in [-0.05, 0) is 48.4 Å². The Hall–Kier alpha value is -1.29. The van der Waals surface area contributed by atoms with E-state index < -0.39 is 0 Å². The van der Waals surface area contributed by atoms with E-state index in [0.717, 1.165) is 29.8 Å². The zero-order chi connectivity index (χ0) is 15.2. The van der Waals surface area contributed by atoms with Gasteiger partial charge < -0.3 is 10.1 Å². The quantitative estimate of drug-likeness (QED) is 0.850. The van der Waals surface area contributed by atoms with Gasteiger partial charge in [0, 0.05) is 16.2 Å². The summed E-state index contributed by atoms with van der Waals surface area (Å²) in [5.74, 6) is 0.726. The highest BCUT2D eigenvalue weighted by molar-refractivity contribution is 6.34. The van der Waals surface area contributed by atoms with Crippen molar-refractivity contribution < 1.29 is 4.74 Å². The van der Waals surface area contributed by atoms with Crippen LogP contribution in [0, 0.1) is 0 Å². The van der Waals surface area contributed by atoms with Crippen LogP contribution in [0.25, 0.3) is 0 Å². The van der Waals surface area contributed by atoms with Gasteiger partial charge in [-0.1, -0.05) is 30.1 Å². The highest BCUT2D eigenvalue weighted by Gasteiger charge is 2.15. The van der Waals surface area contributed by atoms with E-state index in [4.69, 9.17) is 27.9 Å². The average molecular weight is 325 g/mol. The molecule has 0 aliphatic heterocycles. The van der Waals surface area contributed by atoms with Gasteiger partial charge in [0.15, 0.2) is 0 Å². The van der Waals surface area contributed by atoms with Crippen molar-refractivity contribution in [1.29, 1.82) is 0 Å². The molecule has 1 N–H and O–H groups in total. The summed E-state index contributed by atoms with van der Waals surface area (Å²) in [5, 5.41) is 4.74. The molecule has 0 aliphatic carbocycles. The lowest BCUT2D eigenvalue weighted by atomic mass is 10.00. The largest absolute Gasteiger partial charge is 0.495 e. The molecule has 1 heterocycles. The number of hydrogen-bond acceptors (Lipinski definition) is 3. The van der Waals surface area contributed by atoms with E-state index in [0.29, 0.717) is 10.0 Å². The topological polar surface area (TPSA) is 34.2 Å². The second-order valence-electron chi connectivity index (χ2n) is 4.75. The fourth-order valence-corrected chi connectivity index (χ4v) is 2.71. The fourth-order valence-electron chi connectivity index (χ4n) is 2.16. The van der Waals surface area contributed by atoms with E-state index in [9.17, 15) is 0 Å². The van der Waals surface area contributed by atoms with E-state index in [1.54, 1.807) is 19.4 Å². The maximum Gasteiger partial charge on any atom is 0.137 e. The van der Waals surface area contributed by atoms with Crippen molar-refractivity contribution in [2.75, 3.05) is 13.7 Å². The minimum Gasteiger partial charge on any atom is -0.495 e. The first-order valence-electron chi connectivity index (χ1n) is 6.82. The number of rotatable bonds is 6. The Morgan fingerprint density at radius 3 is 2.43 bits per heavy atom. The molecule has 0 saturated carbocycles. The van der Waals surface area contributed by atoms with Crippen LogP contribution in [0.5, 0.6) is 5.75 Å². The smallest absolute Gasteiger partial charge is 0.137 e. The van der Waals surface area contributed by atoms with Crippen LogP contribution in [-0.2, 0) is 0 Å². The number of aromatic nitrogens is 1. The Morgan fingerprint density at radius 1 is 1.10 bits per heavy atom. The predicted molar refractivity (Wildman–Crippen MR) is 87.4 cm³/mol. The number of nitrogens with zero attached hydrogens (tertiary/aromatic N) is 1. The molecule has 0 bridgehead atoms. The Bertz CT molecular complexity index is 584. The second kappa shape index (κ2) is 7.64. The lowest BCUT2D eigenvalue weighted by molar-refractivity contribution is 0.411. The van der Waals surface area contributed by atoms with Crippen LogP contribution in [0.15, 0.2) is 36.7 Å². The standard InChI is InChI=1S/C16H18Cl2N2O/c1-3-4-20-16(11-5-13(17)8-14(18)6-11)12-7-15(21-2)10-19-9-12/h5-10,16,20H,3-4H2,1-2H3. The Balaban J connectivity index is 2.41. The maximum atomic E-state index is 6.12. The van der Waals surface area contributed by atoms with Crippen molar-refractivity contribution in [2.45, 2.75) is 19.4 Å². The van der Waals surface area contributed by atoms with Crippen LogP contribution in [-0.4, -0.2) is 18.6 Å². The molecule has 2 aromatic rings. The fraction of sp³-hybridized carbons (Fsp3) is 0.312. The highest BCUT2D eigenvalue weighted by atomic mass is 35.5. The Labute approximate surface area is 135 Å². The monoisotopic (exact) mass is 324 g/mol. The van der Waals surface area contributed by atoms with Crippen molar-refractivity contribution in [3.63, 3.8) is 0 Å². The molecule has 0 fully saturated rings. The van der Waals surface area contributed by atoms with Gasteiger partial charge in [-0.2, -0.15) is 0 Å². The van der Waals surface area contributed by atoms with E-state index in [-0.39, 0.29) is 6.04 Å². The molecule has 0 radical (unpaired) electrons. The van der Waals surface area contributed by atoms with Gasteiger partial charge >= 0.3 is 0 Å². The maximum absolute atomic E-state index is 6.12. The molecule has 1 atom stereocenters. The van der Waals surface area contributed by atoms with Gasteiger partial charge in [-0.15, -0.1) is 0 Å². The zero-order valence-corrected chi connectivity index (χ0v) is 13.6. The van der Waals surface area contributed by atoms with Crippen LogP contribution in [0.2, 0.25) is 10.0 Å². The average Bonchev–Trinajstić information content (AvgIpc) is 2.47. The zero-order valence-electron chi connectivity index (χ0n) is 12.1. The molecule has 112 valence electrons. The van der Waals surface area contributed by atoms with E-state index >= 15 is 0 Å². The molecular formula is C16H18Cl2N2O. The molecule has 0 saturated heterocycles. The van der Waals surface area contributed by atoms with Gasteiger partial charge in [-0.3, -0.25) is 4.98 Å². The van der Waals surface area contributed by atoms with Crippen LogP contribution >= 0.6 is 23.2 Å². The van der Waals surface area contributed by atoms with Crippen LogP contribution in [0.4, 0.5) is 0 Å². The van der Waals surface area contributed by atoms with Crippen molar-refractivity contribution >= 4 is 23.2 Å². The summed E-state index contributed by atoms with van der Waals surface area (Å²) in [6, 6.07) is 7.51. The van der Waals surface area contributed by atoms with Gasteiger partial charge in [0.05, 0.1) is 19.3 Å². The number of halogens is 2. The molecule has 21 heavy (non-hydrogen) atoms. The number of hydrogen-bond donors (Lipinski definition) is 1. The number of nitrogens with one attached hydrogen (secondary N) is 1. The SMILES string of the molecule is CCCNC(c1cc(Cl)cc(Cl)c1)c1cncc(OC)c1. The molecule has 1 aromatic carbocycles. The number of benzene rings is 1. The third-order valence-corrected chi connectivity index (χ3v) is 3.56.